The van der Waals surface area contributed by atoms with E-state index in [1.54, 1.807) is 12.1 Å². The lowest BCUT2D eigenvalue weighted by molar-refractivity contribution is -0.384. The summed E-state index contributed by atoms with van der Waals surface area (Å²) in [4.78, 5) is 24.1. The molecule has 1 aliphatic rings. The van der Waals surface area contributed by atoms with Crippen molar-refractivity contribution in [1.82, 2.24) is 4.90 Å². The highest BCUT2D eigenvalue weighted by molar-refractivity contribution is 5.72. The standard InChI is InChI=1S/C14H18N2O4/c1-20-14(17)12-5-3-7-15(10-12)9-11-4-2-6-13(8-11)16(18)19/h2,4,6,8,12H,3,5,7,9-10H2,1H3. The average molecular weight is 278 g/mol. The third-order valence-electron chi connectivity index (χ3n) is 3.57. The zero-order valence-electron chi connectivity index (χ0n) is 11.4. The second-order valence-corrected chi connectivity index (χ2v) is 5.02. The lowest BCUT2D eigenvalue weighted by atomic mass is 9.98. The summed E-state index contributed by atoms with van der Waals surface area (Å²) < 4.78 is 4.78. The largest absolute Gasteiger partial charge is 0.469 e. The molecule has 1 fully saturated rings. The fourth-order valence-electron chi connectivity index (χ4n) is 2.58. The predicted octanol–water partition coefficient (Wildman–Crippen LogP) is 1.98. The first kappa shape index (κ1) is 14.5. The van der Waals surface area contributed by atoms with Gasteiger partial charge in [-0.25, -0.2) is 0 Å². The fraction of sp³-hybridized carbons (Fsp3) is 0.500. The van der Waals surface area contributed by atoms with Crippen molar-refractivity contribution in [3.8, 4) is 0 Å². The van der Waals surface area contributed by atoms with E-state index in [4.69, 9.17) is 4.74 Å². The number of rotatable bonds is 4. The molecule has 0 amide bonds. The lowest BCUT2D eigenvalue weighted by Crippen LogP contribution is -2.38. The number of nitro groups is 1. The van der Waals surface area contributed by atoms with Crippen LogP contribution in [0.5, 0.6) is 0 Å². The summed E-state index contributed by atoms with van der Waals surface area (Å²) in [5.41, 5.74) is 0.994. The van der Waals surface area contributed by atoms with Crippen molar-refractivity contribution >= 4 is 11.7 Å². The molecule has 1 atom stereocenters. The molecular formula is C14H18N2O4. The number of likely N-dealkylation sites (tertiary alicyclic amines) is 1. The number of carbonyl (C=O) groups excluding carboxylic acids is 1. The number of benzene rings is 1. The SMILES string of the molecule is COC(=O)C1CCCN(Cc2cccc([N+](=O)[O-])c2)C1. The van der Waals surface area contributed by atoms with Gasteiger partial charge in [0, 0.05) is 25.2 Å². The van der Waals surface area contributed by atoms with Crippen LogP contribution in [-0.2, 0) is 16.1 Å². The Morgan fingerprint density at radius 3 is 3.05 bits per heavy atom. The van der Waals surface area contributed by atoms with E-state index in [0.717, 1.165) is 24.9 Å². The van der Waals surface area contributed by atoms with Crippen LogP contribution in [0.1, 0.15) is 18.4 Å². The molecule has 1 aromatic rings. The van der Waals surface area contributed by atoms with Crippen molar-refractivity contribution < 1.29 is 14.5 Å². The van der Waals surface area contributed by atoms with E-state index in [0.29, 0.717) is 13.1 Å². The van der Waals surface area contributed by atoms with Crippen LogP contribution in [0.15, 0.2) is 24.3 Å². The van der Waals surface area contributed by atoms with Gasteiger partial charge in [-0.15, -0.1) is 0 Å². The molecule has 1 unspecified atom stereocenters. The van der Waals surface area contributed by atoms with E-state index in [1.807, 2.05) is 6.07 Å². The van der Waals surface area contributed by atoms with Crippen molar-refractivity contribution in [1.29, 1.82) is 0 Å². The number of methoxy groups -OCH3 is 1. The zero-order chi connectivity index (χ0) is 14.5. The molecule has 0 spiro atoms. The third kappa shape index (κ3) is 3.54. The van der Waals surface area contributed by atoms with Crippen LogP contribution in [0.25, 0.3) is 0 Å². The molecule has 20 heavy (non-hydrogen) atoms. The second kappa shape index (κ2) is 6.47. The Morgan fingerprint density at radius 1 is 1.55 bits per heavy atom. The predicted molar refractivity (Wildman–Crippen MR) is 73.1 cm³/mol. The molecule has 0 saturated carbocycles. The van der Waals surface area contributed by atoms with Crippen LogP contribution in [-0.4, -0.2) is 36.0 Å². The van der Waals surface area contributed by atoms with Crippen molar-refractivity contribution in [2.75, 3.05) is 20.2 Å². The first-order valence-corrected chi connectivity index (χ1v) is 6.63. The summed E-state index contributed by atoms with van der Waals surface area (Å²) in [6.45, 7) is 2.17. The van der Waals surface area contributed by atoms with E-state index >= 15 is 0 Å². The topological polar surface area (TPSA) is 72.7 Å². The zero-order valence-corrected chi connectivity index (χ0v) is 11.4. The van der Waals surface area contributed by atoms with E-state index in [-0.39, 0.29) is 17.6 Å². The van der Waals surface area contributed by atoms with Gasteiger partial charge in [-0.05, 0) is 24.9 Å². The number of hydrogen-bond donors (Lipinski definition) is 0. The maximum Gasteiger partial charge on any atom is 0.309 e. The number of carbonyl (C=O) groups is 1. The molecule has 0 radical (unpaired) electrons. The molecule has 0 N–H and O–H groups in total. The normalized spacial score (nSPS) is 19.6. The van der Waals surface area contributed by atoms with Crippen molar-refractivity contribution in [3.63, 3.8) is 0 Å². The van der Waals surface area contributed by atoms with Crippen LogP contribution in [0, 0.1) is 16.0 Å². The van der Waals surface area contributed by atoms with Crippen LogP contribution in [0.3, 0.4) is 0 Å². The van der Waals surface area contributed by atoms with Gasteiger partial charge in [-0.2, -0.15) is 0 Å². The highest BCUT2D eigenvalue weighted by Crippen LogP contribution is 2.21. The van der Waals surface area contributed by atoms with Gasteiger partial charge < -0.3 is 4.74 Å². The summed E-state index contributed by atoms with van der Waals surface area (Å²) in [6, 6.07) is 6.63. The minimum absolute atomic E-state index is 0.0903. The van der Waals surface area contributed by atoms with Gasteiger partial charge in [-0.3, -0.25) is 19.8 Å². The quantitative estimate of drug-likeness (QED) is 0.478. The Balaban J connectivity index is 2.00. The summed E-state index contributed by atoms with van der Waals surface area (Å²) in [6.07, 6.45) is 1.78. The highest BCUT2D eigenvalue weighted by Gasteiger charge is 2.26. The molecule has 0 aliphatic carbocycles. The third-order valence-corrected chi connectivity index (χ3v) is 3.57. The van der Waals surface area contributed by atoms with Gasteiger partial charge >= 0.3 is 5.97 Å². The molecule has 2 rings (SSSR count). The molecule has 6 nitrogen and oxygen atoms in total. The Morgan fingerprint density at radius 2 is 2.35 bits per heavy atom. The summed E-state index contributed by atoms with van der Waals surface area (Å²) >= 11 is 0. The maximum absolute atomic E-state index is 11.6. The number of esters is 1. The van der Waals surface area contributed by atoms with Gasteiger partial charge in [0.15, 0.2) is 0 Å². The molecule has 6 heteroatoms. The number of nitro benzene ring substituents is 1. The van der Waals surface area contributed by atoms with Gasteiger partial charge in [0.2, 0.25) is 0 Å². The number of piperidine rings is 1. The minimum atomic E-state index is -0.392. The van der Waals surface area contributed by atoms with Crippen molar-refractivity contribution in [3.05, 3.63) is 39.9 Å². The number of nitrogens with zero attached hydrogens (tertiary/aromatic N) is 2. The van der Waals surface area contributed by atoms with E-state index in [1.165, 1.54) is 13.2 Å². The van der Waals surface area contributed by atoms with Crippen LogP contribution in [0.4, 0.5) is 5.69 Å². The van der Waals surface area contributed by atoms with Crippen LogP contribution < -0.4 is 0 Å². The molecule has 0 aromatic heterocycles. The molecule has 1 saturated heterocycles. The summed E-state index contributed by atoms with van der Waals surface area (Å²) in [5, 5.41) is 10.8. The number of ether oxygens (including phenoxy) is 1. The lowest BCUT2D eigenvalue weighted by Gasteiger charge is -2.31. The monoisotopic (exact) mass is 278 g/mol. The Hall–Kier alpha value is -1.95. The second-order valence-electron chi connectivity index (χ2n) is 5.02. The molecule has 1 heterocycles. The highest BCUT2D eigenvalue weighted by atomic mass is 16.6. The Labute approximate surface area is 117 Å². The molecule has 1 aliphatic heterocycles. The fourth-order valence-corrected chi connectivity index (χ4v) is 2.58. The van der Waals surface area contributed by atoms with E-state index < -0.39 is 4.92 Å². The number of hydrogen-bond acceptors (Lipinski definition) is 5. The summed E-state index contributed by atoms with van der Waals surface area (Å²) in [7, 11) is 1.40. The maximum atomic E-state index is 11.6. The molecule has 1 aromatic carbocycles. The Kier molecular flexibility index (Phi) is 4.68. The van der Waals surface area contributed by atoms with Gasteiger partial charge in [-0.1, -0.05) is 12.1 Å². The van der Waals surface area contributed by atoms with Crippen LogP contribution in [0.2, 0.25) is 0 Å². The molecule has 108 valence electrons. The van der Waals surface area contributed by atoms with Crippen LogP contribution >= 0.6 is 0 Å². The Bertz CT molecular complexity index is 504. The van der Waals surface area contributed by atoms with Crippen molar-refractivity contribution in [2.45, 2.75) is 19.4 Å². The first-order valence-electron chi connectivity index (χ1n) is 6.63. The first-order chi connectivity index (χ1) is 9.60. The van der Waals surface area contributed by atoms with Gasteiger partial charge in [0.25, 0.3) is 5.69 Å². The minimum Gasteiger partial charge on any atom is -0.469 e. The summed E-state index contributed by atoms with van der Waals surface area (Å²) in [5.74, 6) is -0.263. The van der Waals surface area contributed by atoms with Crippen molar-refractivity contribution in [2.24, 2.45) is 5.92 Å². The number of non-ortho nitro benzene ring substituents is 1. The molecular weight excluding hydrogens is 260 g/mol. The van der Waals surface area contributed by atoms with Gasteiger partial charge in [0.05, 0.1) is 18.0 Å². The smallest absolute Gasteiger partial charge is 0.309 e. The van der Waals surface area contributed by atoms with E-state index in [2.05, 4.69) is 4.90 Å². The van der Waals surface area contributed by atoms with E-state index in [9.17, 15) is 14.9 Å². The molecule has 0 bridgehead atoms. The van der Waals surface area contributed by atoms with Gasteiger partial charge in [0.1, 0.15) is 0 Å². The average Bonchev–Trinajstić information content (AvgIpc) is 2.47.